The van der Waals surface area contributed by atoms with Crippen LogP contribution in [0.3, 0.4) is 0 Å². The summed E-state index contributed by atoms with van der Waals surface area (Å²) in [5.41, 5.74) is 2.19. The molecule has 3 amide bonds. The van der Waals surface area contributed by atoms with Crippen LogP contribution in [0.2, 0.25) is 0 Å². The van der Waals surface area contributed by atoms with Gasteiger partial charge in [0.15, 0.2) is 6.61 Å². The second-order valence-electron chi connectivity index (χ2n) is 6.28. The van der Waals surface area contributed by atoms with E-state index >= 15 is 0 Å². The Morgan fingerprint density at radius 3 is 2.14 bits per heavy atom. The zero-order chi connectivity index (χ0) is 20.5. The summed E-state index contributed by atoms with van der Waals surface area (Å²) in [6, 6.07) is 14.6. The van der Waals surface area contributed by atoms with Crippen LogP contribution < -0.4 is 20.9 Å². The minimum absolute atomic E-state index is 0.444. The van der Waals surface area contributed by atoms with Crippen molar-refractivity contribution in [3.05, 3.63) is 54.6 Å². The lowest BCUT2D eigenvalue weighted by Crippen LogP contribution is -2.42. The van der Waals surface area contributed by atoms with Crippen molar-refractivity contribution in [1.29, 1.82) is 0 Å². The number of hydrogen-bond donors (Lipinski definition) is 3. The third-order valence-electron chi connectivity index (χ3n) is 3.75. The highest BCUT2D eigenvalue weighted by molar-refractivity contribution is 5.95. The van der Waals surface area contributed by atoms with Crippen LogP contribution in [0.15, 0.2) is 54.6 Å². The van der Waals surface area contributed by atoms with Gasteiger partial charge in [-0.05, 0) is 43.3 Å². The molecule has 0 aromatic heterocycles. The predicted octanol–water partition coefficient (Wildman–Crippen LogP) is 2.44. The summed E-state index contributed by atoms with van der Waals surface area (Å²) in [6.07, 6.45) is 0. The first-order valence-corrected chi connectivity index (χ1v) is 8.71. The lowest BCUT2D eigenvalue weighted by Gasteiger charge is -2.15. The Balaban J connectivity index is 1.74. The number of carbonyl (C=O) groups excluding carboxylic acids is 3. The van der Waals surface area contributed by atoms with E-state index in [0.717, 1.165) is 5.69 Å². The third kappa shape index (κ3) is 6.64. The topological polar surface area (TPSA) is 99.8 Å². The van der Waals surface area contributed by atoms with Gasteiger partial charge in [-0.3, -0.25) is 4.79 Å². The average Bonchev–Trinajstić information content (AvgIpc) is 2.67. The van der Waals surface area contributed by atoms with Crippen molar-refractivity contribution < 1.29 is 19.1 Å². The highest BCUT2D eigenvalue weighted by Gasteiger charge is 2.18. The van der Waals surface area contributed by atoms with Crippen LogP contribution in [-0.2, 0) is 14.3 Å². The summed E-state index contributed by atoms with van der Waals surface area (Å²) in [7, 11) is 3.84. The van der Waals surface area contributed by atoms with E-state index in [1.54, 1.807) is 36.4 Å². The fraction of sp³-hybridized carbons (Fsp3) is 0.250. The van der Waals surface area contributed by atoms with Crippen molar-refractivity contribution in [1.82, 2.24) is 5.32 Å². The van der Waals surface area contributed by atoms with Crippen molar-refractivity contribution in [2.75, 3.05) is 36.2 Å². The minimum atomic E-state index is -0.907. The van der Waals surface area contributed by atoms with E-state index < -0.39 is 30.6 Å². The van der Waals surface area contributed by atoms with Crippen molar-refractivity contribution in [2.24, 2.45) is 0 Å². The maximum atomic E-state index is 12.0. The number of hydrogen-bond acceptors (Lipinski definition) is 5. The molecule has 0 aliphatic rings. The van der Waals surface area contributed by atoms with Crippen LogP contribution in [-0.4, -0.2) is 44.7 Å². The van der Waals surface area contributed by atoms with E-state index in [4.69, 9.17) is 4.74 Å². The lowest BCUT2D eigenvalue weighted by atomic mass is 10.2. The van der Waals surface area contributed by atoms with Gasteiger partial charge in [0.1, 0.15) is 6.04 Å². The standard InChI is InChI=1S/C20H24N4O4/c1-14(21-20(27)23-15-7-5-4-6-8-15)19(26)28-13-18(25)22-16-9-11-17(12-10-16)24(2)3/h4-12,14H,13H2,1-3H3,(H,22,25)(H2,21,23,27)/t14-/m0/s1. The van der Waals surface area contributed by atoms with E-state index in [1.165, 1.54) is 6.92 Å². The van der Waals surface area contributed by atoms with Gasteiger partial charge in [-0.2, -0.15) is 0 Å². The van der Waals surface area contributed by atoms with Gasteiger partial charge in [-0.25, -0.2) is 9.59 Å². The molecule has 8 heteroatoms. The van der Waals surface area contributed by atoms with Crippen LogP contribution in [0.25, 0.3) is 0 Å². The van der Waals surface area contributed by atoms with Gasteiger partial charge in [0.2, 0.25) is 0 Å². The predicted molar refractivity (Wildman–Crippen MR) is 108 cm³/mol. The minimum Gasteiger partial charge on any atom is -0.454 e. The van der Waals surface area contributed by atoms with Crippen molar-refractivity contribution in [2.45, 2.75) is 13.0 Å². The molecule has 28 heavy (non-hydrogen) atoms. The van der Waals surface area contributed by atoms with Gasteiger partial charge in [0, 0.05) is 31.2 Å². The van der Waals surface area contributed by atoms with E-state index in [1.807, 2.05) is 37.2 Å². The molecular weight excluding hydrogens is 360 g/mol. The average molecular weight is 384 g/mol. The third-order valence-corrected chi connectivity index (χ3v) is 3.75. The molecule has 0 saturated heterocycles. The van der Waals surface area contributed by atoms with E-state index in [9.17, 15) is 14.4 Å². The fourth-order valence-electron chi connectivity index (χ4n) is 2.25. The van der Waals surface area contributed by atoms with E-state index in [-0.39, 0.29) is 0 Å². The van der Waals surface area contributed by atoms with Crippen molar-refractivity contribution in [3.8, 4) is 0 Å². The number of anilines is 3. The number of nitrogens with one attached hydrogen (secondary N) is 3. The molecule has 2 aromatic carbocycles. The molecule has 0 unspecified atom stereocenters. The first-order chi connectivity index (χ1) is 13.3. The zero-order valence-electron chi connectivity index (χ0n) is 16.1. The highest BCUT2D eigenvalue weighted by Crippen LogP contribution is 2.15. The molecule has 0 heterocycles. The molecule has 3 N–H and O–H groups in total. The number of esters is 1. The summed E-state index contributed by atoms with van der Waals surface area (Å²) < 4.78 is 4.95. The first kappa shape index (κ1) is 20.8. The lowest BCUT2D eigenvalue weighted by molar-refractivity contribution is -0.148. The zero-order valence-corrected chi connectivity index (χ0v) is 16.1. The first-order valence-electron chi connectivity index (χ1n) is 8.71. The Bertz CT molecular complexity index is 807. The largest absolute Gasteiger partial charge is 0.454 e. The second kappa shape index (κ2) is 9.96. The van der Waals surface area contributed by atoms with Gasteiger partial charge < -0.3 is 25.6 Å². The SMILES string of the molecule is C[C@H](NC(=O)Nc1ccccc1)C(=O)OCC(=O)Nc1ccc(N(C)C)cc1. The number of nitrogens with zero attached hydrogens (tertiary/aromatic N) is 1. The van der Waals surface area contributed by atoms with Gasteiger partial charge in [-0.15, -0.1) is 0 Å². The summed E-state index contributed by atoms with van der Waals surface area (Å²) in [4.78, 5) is 37.7. The van der Waals surface area contributed by atoms with Gasteiger partial charge in [-0.1, -0.05) is 18.2 Å². The molecule has 2 aromatic rings. The number of rotatable bonds is 7. The maximum Gasteiger partial charge on any atom is 0.328 e. The Morgan fingerprint density at radius 1 is 0.929 bits per heavy atom. The van der Waals surface area contributed by atoms with Gasteiger partial charge >= 0.3 is 12.0 Å². The smallest absolute Gasteiger partial charge is 0.328 e. The fourth-order valence-corrected chi connectivity index (χ4v) is 2.25. The quantitative estimate of drug-likeness (QED) is 0.637. The number of ether oxygens (including phenoxy) is 1. The highest BCUT2D eigenvalue weighted by atomic mass is 16.5. The molecule has 2 rings (SSSR count). The summed E-state index contributed by atoms with van der Waals surface area (Å²) in [6.45, 7) is 1.03. The monoisotopic (exact) mass is 384 g/mol. The molecular formula is C20H24N4O4. The van der Waals surface area contributed by atoms with Crippen LogP contribution in [0.5, 0.6) is 0 Å². The van der Waals surface area contributed by atoms with E-state index in [2.05, 4.69) is 16.0 Å². The van der Waals surface area contributed by atoms with E-state index in [0.29, 0.717) is 11.4 Å². The number of urea groups is 1. The molecule has 148 valence electrons. The summed E-state index contributed by atoms with van der Waals surface area (Å²) >= 11 is 0. The normalized spacial score (nSPS) is 11.1. The van der Waals surface area contributed by atoms with Crippen LogP contribution in [0.4, 0.5) is 21.9 Å². The number of benzene rings is 2. The summed E-state index contributed by atoms with van der Waals surface area (Å²) in [5.74, 6) is -1.17. The number of amides is 3. The summed E-state index contributed by atoms with van der Waals surface area (Å²) in [5, 5.41) is 7.70. The number of para-hydroxylation sites is 1. The molecule has 0 radical (unpaired) electrons. The molecule has 0 aliphatic carbocycles. The Morgan fingerprint density at radius 2 is 1.54 bits per heavy atom. The van der Waals surface area contributed by atoms with Crippen LogP contribution in [0.1, 0.15) is 6.92 Å². The van der Waals surface area contributed by atoms with Gasteiger partial charge in [0.05, 0.1) is 0 Å². The second-order valence-corrected chi connectivity index (χ2v) is 6.28. The Labute approximate surface area is 163 Å². The number of carbonyl (C=O) groups is 3. The molecule has 1 atom stereocenters. The van der Waals surface area contributed by atoms with Crippen molar-refractivity contribution in [3.63, 3.8) is 0 Å². The molecule has 0 aliphatic heterocycles. The van der Waals surface area contributed by atoms with Crippen molar-refractivity contribution >= 4 is 35.0 Å². The molecule has 8 nitrogen and oxygen atoms in total. The Kier molecular flexibility index (Phi) is 7.38. The Hall–Kier alpha value is -3.55. The maximum absolute atomic E-state index is 12.0. The molecule has 0 fully saturated rings. The molecule has 0 saturated carbocycles. The van der Waals surface area contributed by atoms with Gasteiger partial charge in [0.25, 0.3) is 5.91 Å². The molecule has 0 spiro atoms. The molecule has 0 bridgehead atoms. The van der Waals surface area contributed by atoms with Crippen LogP contribution in [0, 0.1) is 0 Å². The van der Waals surface area contributed by atoms with Crippen LogP contribution >= 0.6 is 0 Å².